The summed E-state index contributed by atoms with van der Waals surface area (Å²) in [5.74, 6) is -0.00347. The van der Waals surface area contributed by atoms with E-state index in [2.05, 4.69) is 6.58 Å². The number of nitrogens with two attached hydrogens (primary N) is 1. The van der Waals surface area contributed by atoms with Gasteiger partial charge in [0, 0.05) is 12.7 Å². The maximum atomic E-state index is 11.4. The van der Waals surface area contributed by atoms with Gasteiger partial charge in [0.15, 0.2) is 5.78 Å². The quantitative estimate of drug-likeness (QED) is 0.604. The summed E-state index contributed by atoms with van der Waals surface area (Å²) in [5, 5.41) is 0. The van der Waals surface area contributed by atoms with Gasteiger partial charge in [0.25, 0.3) is 0 Å². The van der Waals surface area contributed by atoms with Crippen molar-refractivity contribution < 1.29 is 6.22 Å². The summed E-state index contributed by atoms with van der Waals surface area (Å²) in [7, 11) is 0. The molecule has 0 saturated heterocycles. The van der Waals surface area contributed by atoms with Gasteiger partial charge in [-0.2, -0.15) is 0 Å². The molecule has 0 amide bonds. The van der Waals surface area contributed by atoms with Gasteiger partial charge in [0.2, 0.25) is 0 Å². The summed E-state index contributed by atoms with van der Waals surface area (Å²) < 4.78 is 0. The van der Waals surface area contributed by atoms with E-state index < -0.39 is 0 Å². The number of ketones is 1. The number of rotatable bonds is 4. The minimum absolute atomic E-state index is 0. The third-order valence-corrected chi connectivity index (χ3v) is 2.18. The standard InChI is InChI=1S/C13H15NO.H2/c1-3-7-12(10(2)15)13(14)11-8-5-4-6-9-11;/h3-6,8-9H,1,7,14H2,2H3;1H/b13-12-;. The Balaban J connectivity index is 0.00000225. The molecule has 0 aliphatic rings. The molecule has 1 rings (SSSR count). The van der Waals surface area contributed by atoms with Crippen LogP contribution in [0.15, 0.2) is 48.6 Å². The van der Waals surface area contributed by atoms with Gasteiger partial charge in [-0.25, -0.2) is 0 Å². The Morgan fingerprint density at radius 1 is 1.47 bits per heavy atom. The molecule has 0 bridgehead atoms. The number of hydrogen-bond acceptors (Lipinski definition) is 2. The van der Waals surface area contributed by atoms with Gasteiger partial charge in [0.05, 0.1) is 0 Å². The first kappa shape index (κ1) is 11.2. The fourth-order valence-corrected chi connectivity index (χ4v) is 1.38. The lowest BCUT2D eigenvalue weighted by atomic mass is 10.0. The summed E-state index contributed by atoms with van der Waals surface area (Å²) in [5.41, 5.74) is 7.98. The van der Waals surface area contributed by atoms with Crippen molar-refractivity contribution in [3.05, 3.63) is 54.1 Å². The molecule has 0 fully saturated rings. The Bertz CT molecular complexity index is 396. The molecule has 1 aromatic carbocycles. The monoisotopic (exact) mass is 203 g/mol. The smallest absolute Gasteiger partial charge is 0.158 e. The van der Waals surface area contributed by atoms with Crippen molar-refractivity contribution in [1.29, 1.82) is 0 Å². The summed E-state index contributed by atoms with van der Waals surface area (Å²) >= 11 is 0. The van der Waals surface area contributed by atoms with Gasteiger partial charge in [0.1, 0.15) is 0 Å². The molecule has 80 valence electrons. The highest BCUT2D eigenvalue weighted by Crippen LogP contribution is 2.16. The van der Waals surface area contributed by atoms with Gasteiger partial charge in [-0.15, -0.1) is 6.58 Å². The van der Waals surface area contributed by atoms with Crippen molar-refractivity contribution in [3.63, 3.8) is 0 Å². The Labute approximate surface area is 91.6 Å². The van der Waals surface area contributed by atoms with Crippen molar-refractivity contribution in [2.75, 3.05) is 0 Å². The SMILES string of the molecule is C=CC/C(C(C)=O)=C(/N)c1ccccc1.[HH]. The van der Waals surface area contributed by atoms with Crippen molar-refractivity contribution in [2.45, 2.75) is 13.3 Å². The second-order valence-electron chi connectivity index (χ2n) is 3.31. The highest BCUT2D eigenvalue weighted by atomic mass is 16.1. The first-order chi connectivity index (χ1) is 7.16. The van der Waals surface area contributed by atoms with E-state index in [0.29, 0.717) is 17.7 Å². The molecule has 0 saturated carbocycles. The maximum Gasteiger partial charge on any atom is 0.158 e. The third kappa shape index (κ3) is 2.81. The van der Waals surface area contributed by atoms with E-state index in [4.69, 9.17) is 5.73 Å². The van der Waals surface area contributed by atoms with Crippen molar-refractivity contribution in [3.8, 4) is 0 Å². The van der Waals surface area contributed by atoms with Crippen LogP contribution >= 0.6 is 0 Å². The molecule has 0 aliphatic carbocycles. The van der Waals surface area contributed by atoms with Crippen LogP contribution < -0.4 is 5.73 Å². The minimum Gasteiger partial charge on any atom is -0.398 e. The second kappa shape index (κ2) is 5.15. The molecule has 15 heavy (non-hydrogen) atoms. The van der Waals surface area contributed by atoms with Crippen LogP contribution in [0.25, 0.3) is 5.70 Å². The highest BCUT2D eigenvalue weighted by molar-refractivity contribution is 6.00. The zero-order chi connectivity index (χ0) is 11.3. The largest absolute Gasteiger partial charge is 0.398 e. The van der Waals surface area contributed by atoms with Crippen LogP contribution in [-0.2, 0) is 4.79 Å². The van der Waals surface area contributed by atoms with Crippen LogP contribution in [0.4, 0.5) is 0 Å². The van der Waals surface area contributed by atoms with E-state index in [-0.39, 0.29) is 7.21 Å². The molecular weight excluding hydrogens is 186 g/mol. The highest BCUT2D eigenvalue weighted by Gasteiger charge is 2.08. The first-order valence-corrected chi connectivity index (χ1v) is 4.82. The zero-order valence-corrected chi connectivity index (χ0v) is 8.86. The number of carbonyl (C=O) groups is 1. The van der Waals surface area contributed by atoms with Crippen molar-refractivity contribution >= 4 is 11.5 Å². The fourth-order valence-electron chi connectivity index (χ4n) is 1.38. The van der Waals surface area contributed by atoms with E-state index in [1.807, 2.05) is 30.3 Å². The number of Topliss-reactive ketones (excluding diaryl/α,β-unsaturated/α-hetero) is 1. The zero-order valence-electron chi connectivity index (χ0n) is 8.86. The molecular formula is C13H17NO. The van der Waals surface area contributed by atoms with Gasteiger partial charge < -0.3 is 5.73 Å². The molecule has 0 aliphatic heterocycles. The number of allylic oxidation sites excluding steroid dienone is 2. The lowest BCUT2D eigenvalue weighted by Crippen LogP contribution is -2.07. The summed E-state index contributed by atoms with van der Waals surface area (Å²) in [4.78, 5) is 11.4. The molecule has 2 N–H and O–H groups in total. The van der Waals surface area contributed by atoms with Gasteiger partial charge in [-0.3, -0.25) is 4.79 Å². The van der Waals surface area contributed by atoms with E-state index in [9.17, 15) is 4.79 Å². The van der Waals surface area contributed by atoms with Crippen LogP contribution in [0.3, 0.4) is 0 Å². The Kier molecular flexibility index (Phi) is 3.86. The average molecular weight is 203 g/mol. The molecule has 0 radical (unpaired) electrons. The van der Waals surface area contributed by atoms with Gasteiger partial charge in [-0.05, 0) is 18.9 Å². The summed E-state index contributed by atoms with van der Waals surface area (Å²) in [6.45, 7) is 5.14. The van der Waals surface area contributed by atoms with E-state index in [1.165, 1.54) is 6.92 Å². The molecule has 0 spiro atoms. The normalized spacial score (nSPS) is 11.8. The molecule has 0 aromatic heterocycles. The molecule has 0 unspecified atom stereocenters. The summed E-state index contributed by atoms with van der Waals surface area (Å²) in [6.07, 6.45) is 2.20. The van der Waals surface area contributed by atoms with Crippen LogP contribution in [0.1, 0.15) is 20.3 Å². The lowest BCUT2D eigenvalue weighted by Gasteiger charge is -2.07. The second-order valence-corrected chi connectivity index (χ2v) is 3.31. The lowest BCUT2D eigenvalue weighted by molar-refractivity contribution is -0.113. The molecule has 2 heteroatoms. The number of carbonyl (C=O) groups excluding carboxylic acids is 1. The van der Waals surface area contributed by atoms with E-state index in [1.54, 1.807) is 6.08 Å². The average Bonchev–Trinajstić information content (AvgIpc) is 2.26. The Morgan fingerprint density at radius 2 is 2.07 bits per heavy atom. The predicted octanol–water partition coefficient (Wildman–Crippen LogP) is 2.77. The molecule has 0 heterocycles. The number of benzene rings is 1. The van der Waals surface area contributed by atoms with Gasteiger partial charge >= 0.3 is 0 Å². The van der Waals surface area contributed by atoms with Crippen LogP contribution in [-0.4, -0.2) is 5.78 Å². The number of hydrogen-bond donors (Lipinski definition) is 1. The predicted molar refractivity (Wildman–Crippen MR) is 65.2 cm³/mol. The van der Waals surface area contributed by atoms with E-state index in [0.717, 1.165) is 5.56 Å². The molecule has 0 atom stereocenters. The fraction of sp³-hybridized carbons (Fsp3) is 0.154. The molecule has 1 aromatic rings. The minimum atomic E-state index is -0.00347. The van der Waals surface area contributed by atoms with Crippen molar-refractivity contribution in [1.82, 2.24) is 0 Å². The molecule has 2 nitrogen and oxygen atoms in total. The Morgan fingerprint density at radius 3 is 2.53 bits per heavy atom. The van der Waals surface area contributed by atoms with E-state index >= 15 is 0 Å². The first-order valence-electron chi connectivity index (χ1n) is 4.82. The van der Waals surface area contributed by atoms with Crippen LogP contribution in [0, 0.1) is 0 Å². The van der Waals surface area contributed by atoms with Crippen LogP contribution in [0.2, 0.25) is 0 Å². The van der Waals surface area contributed by atoms with Gasteiger partial charge in [-0.1, -0.05) is 36.4 Å². The topological polar surface area (TPSA) is 43.1 Å². The van der Waals surface area contributed by atoms with Crippen molar-refractivity contribution in [2.24, 2.45) is 5.73 Å². The Hall–Kier alpha value is -1.83. The third-order valence-electron chi connectivity index (χ3n) is 2.18. The van der Waals surface area contributed by atoms with Crippen LogP contribution in [0.5, 0.6) is 0 Å². The maximum absolute atomic E-state index is 11.4. The summed E-state index contributed by atoms with van der Waals surface area (Å²) in [6, 6.07) is 9.49.